The first kappa shape index (κ1) is 17.8. The fourth-order valence-electron chi connectivity index (χ4n) is 2.31. The zero-order chi connectivity index (χ0) is 17.6. The van der Waals surface area contributed by atoms with E-state index in [4.69, 9.17) is 0 Å². The average molecular weight is 333 g/mol. The van der Waals surface area contributed by atoms with Crippen LogP contribution < -0.4 is 5.32 Å². The standard InChI is InChI=1S/C19H18F3NO/c1-14(12-16-8-5-9-17(13-16)19(20,21)22)23-18(24)11-10-15-6-3-2-4-7-15/h2-11,13-14H,12H2,1H3,(H,23,24)/b11-10+. The smallest absolute Gasteiger partial charge is 0.350 e. The summed E-state index contributed by atoms with van der Waals surface area (Å²) >= 11 is 0. The fraction of sp³-hybridized carbons (Fsp3) is 0.211. The zero-order valence-corrected chi connectivity index (χ0v) is 13.2. The summed E-state index contributed by atoms with van der Waals surface area (Å²) in [6.45, 7) is 1.76. The summed E-state index contributed by atoms with van der Waals surface area (Å²) in [6.07, 6.45) is -0.931. The Bertz CT molecular complexity index is 708. The van der Waals surface area contributed by atoms with Crippen LogP contribution in [-0.2, 0) is 17.4 Å². The average Bonchev–Trinajstić information content (AvgIpc) is 2.53. The van der Waals surface area contributed by atoms with E-state index in [-0.39, 0.29) is 11.9 Å². The van der Waals surface area contributed by atoms with Gasteiger partial charge in [-0.3, -0.25) is 4.79 Å². The molecular formula is C19H18F3NO. The molecule has 0 saturated carbocycles. The molecule has 0 heterocycles. The Morgan fingerprint density at radius 3 is 2.50 bits per heavy atom. The van der Waals surface area contributed by atoms with Crippen LogP contribution in [0.4, 0.5) is 13.2 Å². The minimum atomic E-state index is -4.36. The van der Waals surface area contributed by atoms with Crippen LogP contribution >= 0.6 is 0 Å². The van der Waals surface area contributed by atoms with Gasteiger partial charge < -0.3 is 5.32 Å². The lowest BCUT2D eigenvalue weighted by Crippen LogP contribution is -2.32. The van der Waals surface area contributed by atoms with Crippen molar-refractivity contribution in [3.05, 3.63) is 77.4 Å². The zero-order valence-electron chi connectivity index (χ0n) is 13.2. The first-order valence-electron chi connectivity index (χ1n) is 7.54. The van der Waals surface area contributed by atoms with Crippen molar-refractivity contribution in [2.24, 2.45) is 0 Å². The number of alkyl halides is 3. The summed E-state index contributed by atoms with van der Waals surface area (Å²) in [7, 11) is 0. The second-order valence-corrected chi connectivity index (χ2v) is 5.56. The van der Waals surface area contributed by atoms with E-state index in [1.807, 2.05) is 30.3 Å². The molecule has 0 bridgehead atoms. The van der Waals surface area contributed by atoms with Crippen LogP contribution in [0.15, 0.2) is 60.7 Å². The van der Waals surface area contributed by atoms with Gasteiger partial charge in [0, 0.05) is 12.1 Å². The van der Waals surface area contributed by atoms with Crippen LogP contribution in [0.5, 0.6) is 0 Å². The number of carbonyl (C=O) groups is 1. The molecule has 0 fully saturated rings. The lowest BCUT2D eigenvalue weighted by molar-refractivity contribution is -0.137. The van der Waals surface area contributed by atoms with Gasteiger partial charge in [0.05, 0.1) is 5.56 Å². The van der Waals surface area contributed by atoms with E-state index in [1.165, 1.54) is 12.1 Å². The van der Waals surface area contributed by atoms with Gasteiger partial charge in [0.2, 0.25) is 5.91 Å². The van der Waals surface area contributed by atoms with Gasteiger partial charge in [-0.1, -0.05) is 48.5 Å². The maximum Gasteiger partial charge on any atom is 0.416 e. The molecule has 0 spiro atoms. The highest BCUT2D eigenvalue weighted by atomic mass is 19.4. The Balaban J connectivity index is 1.92. The Hall–Kier alpha value is -2.56. The van der Waals surface area contributed by atoms with Crippen LogP contribution in [0.2, 0.25) is 0 Å². The highest BCUT2D eigenvalue weighted by Crippen LogP contribution is 2.29. The van der Waals surface area contributed by atoms with E-state index in [0.29, 0.717) is 12.0 Å². The van der Waals surface area contributed by atoms with E-state index in [1.54, 1.807) is 19.1 Å². The van der Waals surface area contributed by atoms with Crippen molar-refractivity contribution in [1.29, 1.82) is 0 Å². The quantitative estimate of drug-likeness (QED) is 0.804. The molecule has 1 unspecified atom stereocenters. The summed E-state index contributed by atoms with van der Waals surface area (Å²) in [5.41, 5.74) is 0.755. The van der Waals surface area contributed by atoms with Gasteiger partial charge in [0.15, 0.2) is 0 Å². The lowest BCUT2D eigenvalue weighted by atomic mass is 10.0. The van der Waals surface area contributed by atoms with Crippen molar-refractivity contribution in [1.82, 2.24) is 5.32 Å². The Morgan fingerprint density at radius 2 is 1.83 bits per heavy atom. The van der Waals surface area contributed by atoms with Crippen LogP contribution in [-0.4, -0.2) is 11.9 Å². The van der Waals surface area contributed by atoms with Crippen molar-refractivity contribution in [2.75, 3.05) is 0 Å². The lowest BCUT2D eigenvalue weighted by Gasteiger charge is -2.14. The Labute approximate surface area is 139 Å². The van der Waals surface area contributed by atoms with Gasteiger partial charge in [-0.15, -0.1) is 0 Å². The number of nitrogens with one attached hydrogen (secondary N) is 1. The predicted octanol–water partition coefficient (Wildman–Crippen LogP) is 4.47. The Kier molecular flexibility index (Phi) is 5.79. The van der Waals surface area contributed by atoms with E-state index in [0.717, 1.165) is 17.7 Å². The second kappa shape index (κ2) is 7.81. The van der Waals surface area contributed by atoms with E-state index < -0.39 is 11.7 Å². The predicted molar refractivity (Wildman–Crippen MR) is 88.2 cm³/mol. The summed E-state index contributed by atoms with van der Waals surface area (Å²) < 4.78 is 38.1. The monoisotopic (exact) mass is 333 g/mol. The minimum Gasteiger partial charge on any atom is -0.350 e. The normalized spacial score (nSPS) is 13.0. The minimum absolute atomic E-state index is 0.276. The number of halogens is 3. The van der Waals surface area contributed by atoms with Crippen molar-refractivity contribution in [2.45, 2.75) is 25.6 Å². The SMILES string of the molecule is CC(Cc1cccc(C(F)(F)F)c1)NC(=O)/C=C/c1ccccc1. The summed E-state index contributed by atoms with van der Waals surface area (Å²) in [5, 5.41) is 2.75. The van der Waals surface area contributed by atoms with Crippen molar-refractivity contribution >= 4 is 12.0 Å². The first-order chi connectivity index (χ1) is 11.3. The van der Waals surface area contributed by atoms with Crippen LogP contribution in [0.3, 0.4) is 0 Å². The molecule has 1 amide bonds. The van der Waals surface area contributed by atoms with E-state index in [2.05, 4.69) is 5.32 Å². The summed E-state index contributed by atoms with van der Waals surface area (Å²) in [4.78, 5) is 11.9. The second-order valence-electron chi connectivity index (χ2n) is 5.56. The molecule has 2 rings (SSSR count). The van der Waals surface area contributed by atoms with Crippen LogP contribution in [0.25, 0.3) is 6.08 Å². The molecule has 126 valence electrons. The molecule has 2 aromatic rings. The fourth-order valence-corrected chi connectivity index (χ4v) is 2.31. The molecule has 0 saturated heterocycles. The molecule has 0 aliphatic carbocycles. The van der Waals surface area contributed by atoms with Crippen LogP contribution in [0, 0.1) is 0 Å². The molecule has 2 aromatic carbocycles. The van der Waals surface area contributed by atoms with Crippen LogP contribution in [0.1, 0.15) is 23.6 Å². The number of hydrogen-bond acceptors (Lipinski definition) is 1. The maximum absolute atomic E-state index is 12.7. The number of amides is 1. The van der Waals surface area contributed by atoms with Crippen molar-refractivity contribution < 1.29 is 18.0 Å². The number of benzene rings is 2. The highest BCUT2D eigenvalue weighted by molar-refractivity contribution is 5.91. The molecule has 1 atom stereocenters. The number of carbonyl (C=O) groups excluding carboxylic acids is 1. The van der Waals surface area contributed by atoms with E-state index >= 15 is 0 Å². The topological polar surface area (TPSA) is 29.1 Å². The molecule has 24 heavy (non-hydrogen) atoms. The molecule has 5 heteroatoms. The van der Waals surface area contributed by atoms with Crippen molar-refractivity contribution in [3.63, 3.8) is 0 Å². The third-order valence-corrected chi connectivity index (χ3v) is 3.41. The molecule has 0 aliphatic rings. The molecule has 0 radical (unpaired) electrons. The van der Waals surface area contributed by atoms with Gasteiger partial charge in [0.1, 0.15) is 0 Å². The summed E-state index contributed by atoms with van der Waals surface area (Å²) in [5.74, 6) is -0.279. The van der Waals surface area contributed by atoms with Gasteiger partial charge in [0.25, 0.3) is 0 Å². The molecule has 0 aromatic heterocycles. The number of hydrogen-bond donors (Lipinski definition) is 1. The molecule has 2 nitrogen and oxygen atoms in total. The third kappa shape index (κ3) is 5.57. The first-order valence-corrected chi connectivity index (χ1v) is 7.54. The van der Waals surface area contributed by atoms with Gasteiger partial charge >= 0.3 is 6.18 Å². The maximum atomic E-state index is 12.7. The Morgan fingerprint density at radius 1 is 1.12 bits per heavy atom. The largest absolute Gasteiger partial charge is 0.416 e. The number of rotatable bonds is 5. The highest BCUT2D eigenvalue weighted by Gasteiger charge is 2.30. The molecule has 0 aliphatic heterocycles. The summed E-state index contributed by atoms with van der Waals surface area (Å²) in [6, 6.07) is 14.2. The van der Waals surface area contributed by atoms with Gasteiger partial charge in [-0.25, -0.2) is 0 Å². The van der Waals surface area contributed by atoms with Gasteiger partial charge in [-0.2, -0.15) is 13.2 Å². The van der Waals surface area contributed by atoms with Gasteiger partial charge in [-0.05, 0) is 36.6 Å². The van der Waals surface area contributed by atoms with E-state index in [9.17, 15) is 18.0 Å². The molecular weight excluding hydrogens is 315 g/mol. The van der Waals surface area contributed by atoms with Crippen molar-refractivity contribution in [3.8, 4) is 0 Å². The molecule has 1 N–H and O–H groups in total. The third-order valence-electron chi connectivity index (χ3n) is 3.41.